The minimum absolute atomic E-state index is 0.0153. The second-order valence-electron chi connectivity index (χ2n) is 4.49. The number of ether oxygens (including phenoxy) is 2. The average Bonchev–Trinajstić information content (AvgIpc) is 2.50. The molecule has 0 unspecified atom stereocenters. The van der Waals surface area contributed by atoms with Crippen molar-refractivity contribution in [3.8, 4) is 11.5 Å². The SMILES string of the molecule is CCOc1cccc(C(=O)Cc2cccc(OC)c2F)c1. The van der Waals surface area contributed by atoms with E-state index in [1.807, 2.05) is 6.92 Å². The van der Waals surface area contributed by atoms with Crippen molar-refractivity contribution in [2.75, 3.05) is 13.7 Å². The van der Waals surface area contributed by atoms with Crippen molar-refractivity contribution in [2.45, 2.75) is 13.3 Å². The molecule has 0 saturated heterocycles. The standard InChI is InChI=1S/C17H17FO3/c1-3-21-14-8-4-6-12(10-14)15(19)11-13-7-5-9-16(20-2)17(13)18/h4-10H,3,11H2,1-2H3. The van der Waals surface area contributed by atoms with Gasteiger partial charge in [0.2, 0.25) is 0 Å². The van der Waals surface area contributed by atoms with E-state index in [9.17, 15) is 9.18 Å². The van der Waals surface area contributed by atoms with Crippen molar-refractivity contribution in [1.82, 2.24) is 0 Å². The number of ketones is 1. The molecule has 110 valence electrons. The number of benzene rings is 2. The van der Waals surface area contributed by atoms with Crippen LogP contribution in [0.1, 0.15) is 22.8 Å². The summed E-state index contributed by atoms with van der Waals surface area (Å²) in [7, 11) is 1.40. The van der Waals surface area contributed by atoms with Crippen LogP contribution < -0.4 is 9.47 Å². The lowest BCUT2D eigenvalue weighted by atomic mass is 10.0. The van der Waals surface area contributed by atoms with Crippen molar-refractivity contribution in [3.05, 3.63) is 59.4 Å². The Labute approximate surface area is 123 Å². The number of Topliss-reactive ketones (excluding diaryl/α,β-unsaturated/α-hetero) is 1. The number of hydrogen-bond donors (Lipinski definition) is 0. The molecule has 0 radical (unpaired) electrons. The number of halogens is 1. The zero-order valence-corrected chi connectivity index (χ0v) is 12.1. The monoisotopic (exact) mass is 288 g/mol. The lowest BCUT2D eigenvalue weighted by molar-refractivity contribution is 0.0991. The van der Waals surface area contributed by atoms with E-state index in [1.165, 1.54) is 13.2 Å². The van der Waals surface area contributed by atoms with Crippen molar-refractivity contribution >= 4 is 5.78 Å². The van der Waals surface area contributed by atoms with Crippen molar-refractivity contribution in [3.63, 3.8) is 0 Å². The van der Waals surface area contributed by atoms with E-state index in [2.05, 4.69) is 0 Å². The van der Waals surface area contributed by atoms with Gasteiger partial charge in [0.15, 0.2) is 17.3 Å². The third-order valence-corrected chi connectivity index (χ3v) is 3.08. The van der Waals surface area contributed by atoms with Gasteiger partial charge in [0.05, 0.1) is 13.7 Å². The van der Waals surface area contributed by atoms with Gasteiger partial charge in [0, 0.05) is 12.0 Å². The molecule has 0 bridgehead atoms. The van der Waals surface area contributed by atoms with E-state index in [0.717, 1.165) is 0 Å². The number of carbonyl (C=O) groups is 1. The van der Waals surface area contributed by atoms with E-state index in [-0.39, 0.29) is 18.0 Å². The van der Waals surface area contributed by atoms with Crippen LogP contribution in [0.4, 0.5) is 4.39 Å². The third kappa shape index (κ3) is 3.60. The minimum Gasteiger partial charge on any atom is -0.494 e. The second kappa shape index (κ2) is 6.88. The Morgan fingerprint density at radius 3 is 2.67 bits per heavy atom. The zero-order chi connectivity index (χ0) is 15.2. The van der Waals surface area contributed by atoms with Gasteiger partial charge in [-0.2, -0.15) is 0 Å². The average molecular weight is 288 g/mol. The Balaban J connectivity index is 2.20. The van der Waals surface area contributed by atoms with Crippen LogP contribution >= 0.6 is 0 Å². The fraction of sp³-hybridized carbons (Fsp3) is 0.235. The maximum Gasteiger partial charge on any atom is 0.168 e. The molecule has 0 aliphatic rings. The molecule has 0 spiro atoms. The Morgan fingerprint density at radius 2 is 1.95 bits per heavy atom. The molecule has 2 aromatic rings. The van der Waals surface area contributed by atoms with Crippen molar-refractivity contribution < 1.29 is 18.7 Å². The molecule has 0 aromatic heterocycles. The zero-order valence-electron chi connectivity index (χ0n) is 12.1. The normalized spacial score (nSPS) is 10.2. The maximum atomic E-state index is 14.0. The fourth-order valence-corrected chi connectivity index (χ4v) is 2.05. The van der Waals surface area contributed by atoms with Gasteiger partial charge in [-0.1, -0.05) is 24.3 Å². The molecule has 0 amide bonds. The Hall–Kier alpha value is -2.36. The Bertz CT molecular complexity index is 638. The van der Waals surface area contributed by atoms with Gasteiger partial charge >= 0.3 is 0 Å². The molecule has 4 heteroatoms. The van der Waals surface area contributed by atoms with Crippen molar-refractivity contribution in [1.29, 1.82) is 0 Å². The first-order chi connectivity index (χ1) is 10.2. The summed E-state index contributed by atoms with van der Waals surface area (Å²) in [5, 5.41) is 0. The predicted molar refractivity (Wildman–Crippen MR) is 78.6 cm³/mol. The van der Waals surface area contributed by atoms with Crippen LogP contribution in [0.15, 0.2) is 42.5 Å². The molecule has 0 heterocycles. The van der Waals surface area contributed by atoms with Gasteiger partial charge in [-0.25, -0.2) is 4.39 Å². The van der Waals surface area contributed by atoms with Crippen LogP contribution in [-0.2, 0) is 6.42 Å². The van der Waals surface area contributed by atoms with Crippen LogP contribution in [0.2, 0.25) is 0 Å². The third-order valence-electron chi connectivity index (χ3n) is 3.08. The molecule has 2 aromatic carbocycles. The summed E-state index contributed by atoms with van der Waals surface area (Å²) in [6.45, 7) is 2.41. The first-order valence-electron chi connectivity index (χ1n) is 6.73. The van der Waals surface area contributed by atoms with Gasteiger partial charge in [-0.3, -0.25) is 4.79 Å². The van der Waals surface area contributed by atoms with E-state index < -0.39 is 5.82 Å². The number of hydrogen-bond acceptors (Lipinski definition) is 3. The maximum absolute atomic E-state index is 14.0. The van der Waals surface area contributed by atoms with Crippen LogP contribution in [-0.4, -0.2) is 19.5 Å². The van der Waals surface area contributed by atoms with E-state index in [0.29, 0.717) is 23.5 Å². The molecule has 0 aliphatic heterocycles. The summed E-state index contributed by atoms with van der Waals surface area (Å²) in [6, 6.07) is 11.7. The summed E-state index contributed by atoms with van der Waals surface area (Å²) >= 11 is 0. The molecule has 2 rings (SSSR count). The van der Waals surface area contributed by atoms with Crippen LogP contribution in [0.5, 0.6) is 11.5 Å². The quantitative estimate of drug-likeness (QED) is 0.761. The second-order valence-corrected chi connectivity index (χ2v) is 4.49. The fourth-order valence-electron chi connectivity index (χ4n) is 2.05. The topological polar surface area (TPSA) is 35.5 Å². The van der Waals surface area contributed by atoms with E-state index in [4.69, 9.17) is 9.47 Å². The first kappa shape index (κ1) is 15.0. The highest BCUT2D eigenvalue weighted by molar-refractivity contribution is 5.97. The van der Waals surface area contributed by atoms with E-state index >= 15 is 0 Å². The highest BCUT2D eigenvalue weighted by Crippen LogP contribution is 2.22. The summed E-state index contributed by atoms with van der Waals surface area (Å²) in [5.41, 5.74) is 0.823. The summed E-state index contributed by atoms with van der Waals surface area (Å²) in [4.78, 5) is 12.3. The van der Waals surface area contributed by atoms with Crippen LogP contribution in [0.25, 0.3) is 0 Å². The van der Waals surface area contributed by atoms with Gasteiger partial charge in [-0.05, 0) is 30.7 Å². The molecular formula is C17H17FO3. The van der Waals surface area contributed by atoms with Crippen molar-refractivity contribution in [2.24, 2.45) is 0 Å². The summed E-state index contributed by atoms with van der Waals surface area (Å²) < 4.78 is 24.3. The number of methoxy groups -OCH3 is 1. The van der Waals surface area contributed by atoms with E-state index in [1.54, 1.807) is 36.4 Å². The molecule has 21 heavy (non-hydrogen) atoms. The Morgan fingerprint density at radius 1 is 1.19 bits per heavy atom. The lowest BCUT2D eigenvalue weighted by Gasteiger charge is -2.08. The molecular weight excluding hydrogens is 271 g/mol. The highest BCUT2D eigenvalue weighted by atomic mass is 19.1. The summed E-state index contributed by atoms with van der Waals surface area (Å²) in [6.07, 6.45) is -0.0153. The first-order valence-corrected chi connectivity index (χ1v) is 6.73. The Kier molecular flexibility index (Phi) is 4.93. The van der Waals surface area contributed by atoms with Gasteiger partial charge < -0.3 is 9.47 Å². The molecule has 0 saturated carbocycles. The molecule has 3 nitrogen and oxygen atoms in total. The molecule has 0 aliphatic carbocycles. The van der Waals surface area contributed by atoms with Gasteiger partial charge in [0.25, 0.3) is 0 Å². The highest BCUT2D eigenvalue weighted by Gasteiger charge is 2.14. The van der Waals surface area contributed by atoms with Crippen LogP contribution in [0.3, 0.4) is 0 Å². The smallest absolute Gasteiger partial charge is 0.168 e. The molecule has 0 N–H and O–H groups in total. The molecule has 0 atom stereocenters. The predicted octanol–water partition coefficient (Wildman–Crippen LogP) is 3.66. The number of rotatable bonds is 6. The van der Waals surface area contributed by atoms with Gasteiger partial charge in [0.1, 0.15) is 5.75 Å². The van der Waals surface area contributed by atoms with Gasteiger partial charge in [-0.15, -0.1) is 0 Å². The minimum atomic E-state index is -0.491. The largest absolute Gasteiger partial charge is 0.494 e. The summed E-state index contributed by atoms with van der Waals surface area (Å²) in [5.74, 6) is 0.121. The molecule has 0 fully saturated rings. The lowest BCUT2D eigenvalue weighted by Crippen LogP contribution is -2.06. The van der Waals surface area contributed by atoms with Crippen LogP contribution in [0, 0.1) is 5.82 Å². The number of carbonyl (C=O) groups excluding carboxylic acids is 1.